The first-order chi connectivity index (χ1) is 13.1. The third-order valence-corrected chi connectivity index (χ3v) is 6.61. The van der Waals surface area contributed by atoms with E-state index in [2.05, 4.69) is 52.0 Å². The Balaban J connectivity index is 1.46. The number of aromatic nitrogens is 5. The minimum atomic E-state index is 0.232. The third kappa shape index (κ3) is 2.83. The second-order valence-corrected chi connectivity index (χ2v) is 8.49. The van der Waals surface area contributed by atoms with Crippen LogP contribution in [0.15, 0.2) is 24.5 Å². The van der Waals surface area contributed by atoms with Crippen molar-refractivity contribution in [2.75, 3.05) is 0 Å². The Labute approximate surface area is 161 Å². The van der Waals surface area contributed by atoms with E-state index < -0.39 is 0 Å². The van der Waals surface area contributed by atoms with Crippen LogP contribution in [0.1, 0.15) is 30.0 Å². The van der Waals surface area contributed by atoms with Gasteiger partial charge in [-0.25, -0.2) is 10.2 Å². The number of rotatable bonds is 2. The van der Waals surface area contributed by atoms with Gasteiger partial charge in [0.1, 0.15) is 11.0 Å². The molecule has 0 unspecified atom stereocenters. The molecule has 8 heteroatoms. The largest absolute Gasteiger partial charge is 0.297 e. The van der Waals surface area contributed by atoms with Gasteiger partial charge in [-0.3, -0.25) is 4.40 Å². The molecule has 1 aliphatic rings. The Morgan fingerprint density at radius 2 is 2.04 bits per heavy atom. The van der Waals surface area contributed by atoms with Gasteiger partial charge in [0.25, 0.3) is 6.71 Å². The first kappa shape index (κ1) is 16.5. The van der Waals surface area contributed by atoms with E-state index in [4.69, 9.17) is 10.2 Å². The average Bonchev–Trinajstić information content (AvgIpc) is 3.34. The monoisotopic (exact) mass is 374 g/mol. The molecule has 6 nitrogen and oxygen atoms in total. The fourth-order valence-corrected chi connectivity index (χ4v) is 5.06. The van der Waals surface area contributed by atoms with Crippen LogP contribution >= 0.6 is 11.3 Å². The molecule has 1 aliphatic heterocycles. The lowest BCUT2D eigenvalue weighted by Crippen LogP contribution is -2.18. The van der Waals surface area contributed by atoms with Crippen LogP contribution in [-0.2, 0) is 7.05 Å². The number of aryl methyl sites for hydroxylation is 2. The van der Waals surface area contributed by atoms with Crippen molar-refractivity contribution >= 4 is 34.0 Å². The Hall–Kier alpha value is -2.66. The van der Waals surface area contributed by atoms with Crippen LogP contribution in [0.4, 0.5) is 0 Å². The number of hydrogen-bond donors (Lipinski definition) is 0. The van der Waals surface area contributed by atoms with Crippen LogP contribution in [-0.4, -0.2) is 31.1 Å². The van der Waals surface area contributed by atoms with E-state index in [1.807, 2.05) is 7.05 Å². The molecule has 27 heavy (non-hydrogen) atoms. The van der Waals surface area contributed by atoms with Crippen molar-refractivity contribution in [2.24, 2.45) is 7.05 Å². The maximum atomic E-state index is 9.08. The van der Waals surface area contributed by atoms with E-state index in [9.17, 15) is 0 Å². The van der Waals surface area contributed by atoms with Crippen LogP contribution in [0.5, 0.6) is 0 Å². The highest BCUT2D eigenvalue weighted by Gasteiger charge is 2.27. The molecule has 4 aromatic rings. The van der Waals surface area contributed by atoms with Crippen molar-refractivity contribution < 1.29 is 0 Å². The Bertz CT molecular complexity index is 1160. The maximum Gasteiger partial charge on any atom is 0.267 e. The summed E-state index contributed by atoms with van der Waals surface area (Å²) in [5, 5.41) is 18.0. The topological polar surface area (TPSA) is 71.8 Å². The van der Waals surface area contributed by atoms with Crippen LogP contribution < -0.4 is 0 Å². The summed E-state index contributed by atoms with van der Waals surface area (Å²) in [6.07, 6.45) is 8.45. The summed E-state index contributed by atoms with van der Waals surface area (Å²) < 4.78 is 2.14. The van der Waals surface area contributed by atoms with Crippen molar-refractivity contribution in [1.29, 1.82) is 5.26 Å². The molecule has 0 bridgehead atoms. The van der Waals surface area contributed by atoms with Gasteiger partial charge in [0.2, 0.25) is 0 Å². The van der Waals surface area contributed by atoms with Gasteiger partial charge in [0.05, 0.1) is 10.6 Å². The van der Waals surface area contributed by atoms with Crippen LogP contribution in [0.2, 0.25) is 12.6 Å². The normalized spacial score (nSPS) is 15.7. The average molecular weight is 374 g/mol. The molecule has 5 rings (SSSR count). The fraction of sp³-hybridized carbons (Fsp3) is 0.368. The number of nitriles is 1. The molecule has 1 aromatic carbocycles. The number of benzene rings is 1. The van der Waals surface area contributed by atoms with Gasteiger partial charge in [0.15, 0.2) is 4.96 Å². The van der Waals surface area contributed by atoms with Crippen molar-refractivity contribution in [3.05, 3.63) is 35.8 Å². The number of hydrogen-bond acceptors (Lipinski definition) is 5. The minimum Gasteiger partial charge on any atom is -0.297 e. The molecule has 0 saturated carbocycles. The summed E-state index contributed by atoms with van der Waals surface area (Å²) in [5.41, 5.74) is 5.35. The van der Waals surface area contributed by atoms with Crippen molar-refractivity contribution in [1.82, 2.24) is 24.4 Å². The summed E-state index contributed by atoms with van der Waals surface area (Å²) in [5.74, 6) is 2.90. The predicted octanol–water partition coefficient (Wildman–Crippen LogP) is 4.09. The highest BCUT2D eigenvalue weighted by Crippen LogP contribution is 2.36. The first-order valence-electron chi connectivity index (χ1n) is 9.31. The van der Waals surface area contributed by atoms with Crippen LogP contribution in [0.3, 0.4) is 0 Å². The highest BCUT2D eigenvalue weighted by molar-refractivity contribution is 7.20. The summed E-state index contributed by atoms with van der Waals surface area (Å²) in [6, 6.07) is 4.27. The van der Waals surface area contributed by atoms with Gasteiger partial charge < -0.3 is 0 Å². The quantitative estimate of drug-likeness (QED) is 0.496. The van der Waals surface area contributed by atoms with Crippen LogP contribution in [0.25, 0.3) is 26.4 Å². The number of imidazole rings is 1. The van der Waals surface area contributed by atoms with Gasteiger partial charge in [-0.15, -0.1) is 0 Å². The van der Waals surface area contributed by atoms with Gasteiger partial charge in [-0.05, 0) is 30.2 Å². The molecule has 0 amide bonds. The van der Waals surface area contributed by atoms with E-state index in [-0.39, 0.29) is 6.71 Å². The number of fused-ring (bicyclic) bond motifs is 2. The lowest BCUT2D eigenvalue weighted by Gasteiger charge is -2.21. The molecule has 1 saturated heterocycles. The van der Waals surface area contributed by atoms with E-state index in [1.165, 1.54) is 10.6 Å². The lowest BCUT2D eigenvalue weighted by molar-refractivity contribution is 0.598. The molecule has 4 heterocycles. The van der Waals surface area contributed by atoms with Crippen LogP contribution in [0, 0.1) is 18.2 Å². The zero-order valence-electron chi connectivity index (χ0n) is 15.4. The molecular formula is C19H19BN6S. The predicted molar refractivity (Wildman–Crippen MR) is 108 cm³/mol. The van der Waals surface area contributed by atoms with Gasteiger partial charge in [-0.2, -0.15) is 15.0 Å². The zero-order valence-corrected chi connectivity index (χ0v) is 16.2. The van der Waals surface area contributed by atoms with Gasteiger partial charge in [-0.1, -0.05) is 36.8 Å². The highest BCUT2D eigenvalue weighted by atomic mass is 32.1. The van der Waals surface area contributed by atoms with E-state index in [0.717, 1.165) is 52.6 Å². The molecule has 3 aromatic heterocycles. The zero-order chi connectivity index (χ0) is 18.5. The maximum absolute atomic E-state index is 9.08. The smallest absolute Gasteiger partial charge is 0.267 e. The second kappa shape index (κ2) is 6.20. The van der Waals surface area contributed by atoms with Crippen molar-refractivity contribution in [2.45, 2.75) is 38.3 Å². The Morgan fingerprint density at radius 1 is 1.22 bits per heavy atom. The lowest BCUT2D eigenvalue weighted by atomic mass is 9.41. The van der Waals surface area contributed by atoms with E-state index in [1.54, 1.807) is 16.1 Å². The molecule has 0 radical (unpaired) electrons. The third-order valence-electron chi connectivity index (χ3n) is 5.56. The first-order valence-corrected chi connectivity index (χ1v) is 10.1. The summed E-state index contributed by atoms with van der Waals surface area (Å²) >= 11 is 1.71. The Kier molecular flexibility index (Phi) is 3.79. The fourth-order valence-electron chi connectivity index (χ4n) is 4.09. The standard InChI is InChI=1S/C19H19BN6S/c1-12-7-14(8-15-18(12)24-25(2)23-15)17-10-26-9-16(22-19(26)27-17)13-3-5-20(11-21)6-4-13/h7-10,13H,3-6H2,1-2H3. The van der Waals surface area contributed by atoms with E-state index in [0.29, 0.717) is 5.92 Å². The molecule has 0 spiro atoms. The summed E-state index contributed by atoms with van der Waals surface area (Å²) in [7, 11) is 1.85. The second-order valence-electron chi connectivity index (χ2n) is 7.48. The summed E-state index contributed by atoms with van der Waals surface area (Å²) in [4.78, 5) is 8.72. The van der Waals surface area contributed by atoms with Gasteiger partial charge >= 0.3 is 0 Å². The van der Waals surface area contributed by atoms with E-state index >= 15 is 0 Å². The summed E-state index contributed by atoms with van der Waals surface area (Å²) in [6.45, 7) is 2.31. The molecule has 0 aliphatic carbocycles. The SMILES string of the molecule is Cc1cc(-c2cn3cc(C4CCB(C#N)CC4)nc3s2)cc2nn(C)nc12. The minimum absolute atomic E-state index is 0.232. The Morgan fingerprint density at radius 3 is 2.78 bits per heavy atom. The molecule has 0 atom stereocenters. The molecular weight excluding hydrogens is 355 g/mol. The van der Waals surface area contributed by atoms with Crippen molar-refractivity contribution in [3.63, 3.8) is 0 Å². The molecule has 1 fully saturated rings. The number of nitrogens with zero attached hydrogens (tertiary/aromatic N) is 6. The van der Waals surface area contributed by atoms with Crippen molar-refractivity contribution in [3.8, 4) is 16.4 Å². The number of thiazole rings is 1. The molecule has 134 valence electrons. The van der Waals surface area contributed by atoms with Gasteiger partial charge in [0, 0.05) is 31.3 Å². The molecule has 0 N–H and O–H groups in total.